The van der Waals surface area contributed by atoms with E-state index in [4.69, 9.17) is 6.42 Å². The maximum absolute atomic E-state index is 12.4. The van der Waals surface area contributed by atoms with E-state index in [9.17, 15) is 13.2 Å². The van der Waals surface area contributed by atoms with Crippen LogP contribution in [-0.2, 0) is 0 Å². The molecular formula is C15H13F3O. The van der Waals surface area contributed by atoms with E-state index >= 15 is 0 Å². The summed E-state index contributed by atoms with van der Waals surface area (Å²) in [7, 11) is 0. The zero-order valence-electron chi connectivity index (χ0n) is 10.6. The largest absolute Gasteiger partial charge is 0.573 e. The molecule has 0 bridgehead atoms. The van der Waals surface area contributed by atoms with Crippen molar-refractivity contribution in [3.8, 4) is 18.1 Å². The number of benzene rings is 1. The van der Waals surface area contributed by atoms with Crippen molar-refractivity contribution in [2.75, 3.05) is 0 Å². The van der Waals surface area contributed by atoms with E-state index in [1.807, 2.05) is 0 Å². The van der Waals surface area contributed by atoms with Crippen molar-refractivity contribution >= 4 is 5.57 Å². The Morgan fingerprint density at radius 3 is 2.58 bits per heavy atom. The first-order valence-corrected chi connectivity index (χ1v) is 5.53. The van der Waals surface area contributed by atoms with Crippen molar-refractivity contribution < 1.29 is 17.9 Å². The monoisotopic (exact) mass is 266 g/mol. The van der Waals surface area contributed by atoms with Gasteiger partial charge in [0, 0.05) is 5.56 Å². The fourth-order valence-electron chi connectivity index (χ4n) is 1.57. The van der Waals surface area contributed by atoms with Gasteiger partial charge in [0.05, 0.1) is 0 Å². The maximum Gasteiger partial charge on any atom is 0.573 e. The number of allylic oxidation sites excluding steroid dienone is 4. The SMILES string of the molecule is C#C/C=C(\C=C/C)c1cc(C)ccc1OC(F)(F)F. The summed E-state index contributed by atoms with van der Waals surface area (Å²) in [6, 6.07) is 4.43. The fourth-order valence-corrected chi connectivity index (χ4v) is 1.57. The topological polar surface area (TPSA) is 9.23 Å². The molecule has 0 saturated heterocycles. The minimum Gasteiger partial charge on any atom is -0.405 e. The van der Waals surface area contributed by atoms with Crippen LogP contribution in [0, 0.1) is 19.3 Å². The van der Waals surface area contributed by atoms with Crippen LogP contribution in [0.1, 0.15) is 18.1 Å². The molecule has 0 heterocycles. The lowest BCUT2D eigenvalue weighted by Crippen LogP contribution is -2.18. The third-order valence-corrected chi connectivity index (χ3v) is 2.26. The number of alkyl halides is 3. The predicted octanol–water partition coefficient (Wildman–Crippen LogP) is 4.49. The minimum absolute atomic E-state index is 0.266. The highest BCUT2D eigenvalue weighted by Gasteiger charge is 2.32. The molecule has 0 aromatic heterocycles. The molecule has 0 unspecified atom stereocenters. The van der Waals surface area contributed by atoms with E-state index in [2.05, 4.69) is 10.7 Å². The smallest absolute Gasteiger partial charge is 0.405 e. The van der Waals surface area contributed by atoms with Gasteiger partial charge in [-0.25, -0.2) is 0 Å². The van der Waals surface area contributed by atoms with Crippen LogP contribution in [0.4, 0.5) is 13.2 Å². The molecule has 0 saturated carbocycles. The van der Waals surface area contributed by atoms with Gasteiger partial charge in [-0.05, 0) is 37.6 Å². The molecule has 19 heavy (non-hydrogen) atoms. The number of rotatable bonds is 3. The molecule has 4 heteroatoms. The molecule has 1 aromatic carbocycles. The van der Waals surface area contributed by atoms with E-state index in [0.717, 1.165) is 5.56 Å². The lowest BCUT2D eigenvalue weighted by Gasteiger charge is -2.14. The molecule has 0 radical (unpaired) electrons. The lowest BCUT2D eigenvalue weighted by molar-refractivity contribution is -0.274. The molecule has 1 nitrogen and oxygen atoms in total. The van der Waals surface area contributed by atoms with Gasteiger partial charge in [0.15, 0.2) is 0 Å². The quantitative estimate of drug-likeness (QED) is 0.578. The summed E-state index contributed by atoms with van der Waals surface area (Å²) in [4.78, 5) is 0. The molecule has 0 amide bonds. The second-order valence-electron chi connectivity index (χ2n) is 3.81. The Bertz CT molecular complexity index is 545. The van der Waals surface area contributed by atoms with Gasteiger partial charge in [0.25, 0.3) is 0 Å². The van der Waals surface area contributed by atoms with Gasteiger partial charge < -0.3 is 4.74 Å². The Morgan fingerprint density at radius 1 is 1.37 bits per heavy atom. The summed E-state index contributed by atoms with van der Waals surface area (Å²) in [5.74, 6) is 2.04. The van der Waals surface area contributed by atoms with Gasteiger partial charge in [0.2, 0.25) is 0 Å². The molecule has 0 N–H and O–H groups in total. The highest BCUT2D eigenvalue weighted by molar-refractivity contribution is 5.79. The van der Waals surface area contributed by atoms with Crippen LogP contribution in [0.3, 0.4) is 0 Å². The molecule has 1 aromatic rings. The van der Waals surface area contributed by atoms with Gasteiger partial charge in [-0.3, -0.25) is 0 Å². The van der Waals surface area contributed by atoms with Crippen molar-refractivity contribution in [3.05, 3.63) is 47.6 Å². The summed E-state index contributed by atoms with van der Waals surface area (Å²) in [6.45, 7) is 3.54. The van der Waals surface area contributed by atoms with E-state index in [0.29, 0.717) is 11.1 Å². The van der Waals surface area contributed by atoms with Crippen LogP contribution in [0.15, 0.2) is 36.4 Å². The Labute approximate surface area is 110 Å². The molecule has 0 aliphatic heterocycles. The van der Waals surface area contributed by atoms with Crippen LogP contribution in [0.25, 0.3) is 5.57 Å². The highest BCUT2D eigenvalue weighted by atomic mass is 19.4. The third kappa shape index (κ3) is 4.55. The van der Waals surface area contributed by atoms with E-state index in [-0.39, 0.29) is 5.75 Å². The number of terminal acetylenes is 1. The Kier molecular flexibility index (Phi) is 4.82. The summed E-state index contributed by atoms with van der Waals surface area (Å²) >= 11 is 0. The zero-order valence-corrected chi connectivity index (χ0v) is 10.6. The van der Waals surface area contributed by atoms with Crippen molar-refractivity contribution in [1.29, 1.82) is 0 Å². The third-order valence-electron chi connectivity index (χ3n) is 2.26. The fraction of sp³-hybridized carbons (Fsp3) is 0.200. The highest BCUT2D eigenvalue weighted by Crippen LogP contribution is 2.32. The molecule has 0 fully saturated rings. The van der Waals surface area contributed by atoms with Gasteiger partial charge in [-0.2, -0.15) is 0 Å². The van der Waals surface area contributed by atoms with Crippen molar-refractivity contribution in [2.45, 2.75) is 20.2 Å². The summed E-state index contributed by atoms with van der Waals surface area (Å²) in [5.41, 5.74) is 1.62. The molecular weight excluding hydrogens is 253 g/mol. The van der Waals surface area contributed by atoms with E-state index in [1.165, 1.54) is 12.1 Å². The Morgan fingerprint density at radius 2 is 2.05 bits per heavy atom. The van der Waals surface area contributed by atoms with E-state index in [1.54, 1.807) is 38.1 Å². The number of halogens is 3. The van der Waals surface area contributed by atoms with Crippen molar-refractivity contribution in [2.24, 2.45) is 0 Å². The molecule has 0 aliphatic rings. The first-order valence-electron chi connectivity index (χ1n) is 5.53. The standard InChI is InChI=1S/C15H13F3O/c1-4-6-12(7-5-2)13-10-11(3)8-9-14(13)19-15(16,17)18/h1,5-10H,2-3H3/b7-5-,12-6+. The molecule has 100 valence electrons. The normalized spacial score (nSPS) is 12.5. The molecule has 0 aliphatic carbocycles. The van der Waals surface area contributed by atoms with Crippen molar-refractivity contribution in [1.82, 2.24) is 0 Å². The van der Waals surface area contributed by atoms with Crippen LogP contribution in [0.5, 0.6) is 5.75 Å². The zero-order chi connectivity index (χ0) is 14.5. The summed E-state index contributed by atoms with van der Waals surface area (Å²) < 4.78 is 41.1. The Hall–Kier alpha value is -2.15. The molecule has 0 spiro atoms. The maximum atomic E-state index is 12.4. The van der Waals surface area contributed by atoms with Gasteiger partial charge in [0.1, 0.15) is 5.75 Å². The second-order valence-corrected chi connectivity index (χ2v) is 3.81. The molecule has 1 rings (SSSR count). The van der Waals surface area contributed by atoms with Gasteiger partial charge >= 0.3 is 6.36 Å². The number of hydrogen-bond donors (Lipinski definition) is 0. The van der Waals surface area contributed by atoms with Crippen LogP contribution < -0.4 is 4.74 Å². The Balaban J connectivity index is 3.35. The summed E-state index contributed by atoms with van der Waals surface area (Å²) in [5, 5.41) is 0. The molecule has 0 atom stereocenters. The van der Waals surface area contributed by atoms with Crippen LogP contribution in [-0.4, -0.2) is 6.36 Å². The number of hydrogen-bond acceptors (Lipinski definition) is 1. The van der Waals surface area contributed by atoms with Crippen LogP contribution in [0.2, 0.25) is 0 Å². The predicted molar refractivity (Wildman–Crippen MR) is 69.5 cm³/mol. The summed E-state index contributed by atoms with van der Waals surface area (Å²) in [6.07, 6.45) is 5.19. The number of ether oxygens (including phenoxy) is 1. The number of aryl methyl sites for hydroxylation is 1. The lowest BCUT2D eigenvalue weighted by atomic mass is 10.0. The first kappa shape index (κ1) is 14.9. The van der Waals surface area contributed by atoms with E-state index < -0.39 is 6.36 Å². The minimum atomic E-state index is -4.73. The van der Waals surface area contributed by atoms with Gasteiger partial charge in [-0.1, -0.05) is 29.7 Å². The average molecular weight is 266 g/mol. The second kappa shape index (κ2) is 6.14. The van der Waals surface area contributed by atoms with Crippen molar-refractivity contribution in [3.63, 3.8) is 0 Å². The average Bonchev–Trinajstić information content (AvgIpc) is 2.29. The van der Waals surface area contributed by atoms with Gasteiger partial charge in [-0.15, -0.1) is 19.6 Å². The van der Waals surface area contributed by atoms with Crippen LogP contribution >= 0.6 is 0 Å². The first-order chi connectivity index (χ1) is 8.87.